The van der Waals surface area contributed by atoms with Crippen molar-refractivity contribution in [3.05, 3.63) is 35.9 Å². The second-order valence-corrected chi connectivity index (χ2v) is 4.65. The Hall–Kier alpha value is -2.17. The first-order valence-corrected chi connectivity index (χ1v) is 6.34. The molecule has 0 amide bonds. The van der Waals surface area contributed by atoms with Crippen LogP contribution >= 0.6 is 0 Å². The highest BCUT2D eigenvalue weighted by molar-refractivity contribution is 5.95. The summed E-state index contributed by atoms with van der Waals surface area (Å²) in [7, 11) is 0. The van der Waals surface area contributed by atoms with Gasteiger partial charge in [0, 0.05) is 5.56 Å². The van der Waals surface area contributed by atoms with Gasteiger partial charge in [0.05, 0.1) is 6.10 Å². The van der Waals surface area contributed by atoms with Crippen LogP contribution in [0.15, 0.2) is 30.3 Å². The first kappa shape index (κ1) is 15.9. The van der Waals surface area contributed by atoms with E-state index < -0.39 is 18.0 Å². The van der Waals surface area contributed by atoms with Crippen LogP contribution in [0.25, 0.3) is 0 Å². The van der Waals surface area contributed by atoms with Crippen LogP contribution in [0, 0.1) is 0 Å². The number of carbonyl (C=O) groups excluding carboxylic acids is 3. The van der Waals surface area contributed by atoms with E-state index >= 15 is 0 Å². The lowest BCUT2D eigenvalue weighted by molar-refractivity contribution is -0.171. The van der Waals surface area contributed by atoms with Gasteiger partial charge in [0.2, 0.25) is 6.10 Å². The van der Waals surface area contributed by atoms with Gasteiger partial charge in [-0.1, -0.05) is 30.3 Å². The van der Waals surface area contributed by atoms with E-state index in [-0.39, 0.29) is 18.3 Å². The lowest BCUT2D eigenvalue weighted by Crippen LogP contribution is -2.25. The third kappa shape index (κ3) is 5.22. The Bertz CT molecular complexity index is 478. The number of hydrogen-bond donors (Lipinski definition) is 0. The zero-order valence-electron chi connectivity index (χ0n) is 11.8. The van der Waals surface area contributed by atoms with Gasteiger partial charge in [-0.15, -0.1) is 0 Å². The second kappa shape index (κ2) is 7.43. The number of benzene rings is 1. The fourth-order valence-electron chi connectivity index (χ4n) is 1.55. The molecule has 0 aliphatic heterocycles. The van der Waals surface area contributed by atoms with Crippen LogP contribution in [0.5, 0.6) is 0 Å². The van der Waals surface area contributed by atoms with Gasteiger partial charge in [0.1, 0.15) is 12.2 Å². The molecule has 0 saturated carbocycles. The third-order valence-electron chi connectivity index (χ3n) is 2.31. The summed E-state index contributed by atoms with van der Waals surface area (Å²) < 4.78 is 10.1. The number of rotatable bonds is 6. The van der Waals surface area contributed by atoms with Gasteiger partial charge in [-0.05, 0) is 20.8 Å². The molecule has 0 N–H and O–H groups in total. The monoisotopic (exact) mass is 278 g/mol. The molecule has 0 aromatic heterocycles. The molecule has 1 aromatic carbocycles. The maximum absolute atomic E-state index is 12.0. The van der Waals surface area contributed by atoms with Crippen LogP contribution in [0.2, 0.25) is 0 Å². The first-order valence-electron chi connectivity index (χ1n) is 6.34. The summed E-state index contributed by atoms with van der Waals surface area (Å²) in [5.41, 5.74) is 0.509. The van der Waals surface area contributed by atoms with Crippen molar-refractivity contribution in [2.45, 2.75) is 39.4 Å². The number of hydrogen-bond acceptors (Lipinski definition) is 5. The number of esters is 2. The Balaban J connectivity index is 2.88. The van der Waals surface area contributed by atoms with Crippen LogP contribution in [-0.4, -0.2) is 23.8 Å². The van der Waals surface area contributed by atoms with Crippen molar-refractivity contribution in [2.75, 3.05) is 0 Å². The molecule has 1 rings (SSSR count). The van der Waals surface area contributed by atoms with Gasteiger partial charge in [0.25, 0.3) is 0 Å². The summed E-state index contributed by atoms with van der Waals surface area (Å²) in [6, 6.07) is 8.56. The smallest absolute Gasteiger partial charge is 0.352 e. The van der Waals surface area contributed by atoms with E-state index in [2.05, 4.69) is 0 Å². The quantitative estimate of drug-likeness (QED) is 0.589. The van der Waals surface area contributed by atoms with Crippen LogP contribution in [0.3, 0.4) is 0 Å². The fraction of sp³-hybridized carbons (Fsp3) is 0.400. The van der Waals surface area contributed by atoms with E-state index in [0.717, 1.165) is 0 Å². The summed E-state index contributed by atoms with van der Waals surface area (Å²) in [4.78, 5) is 34.5. The zero-order valence-corrected chi connectivity index (χ0v) is 11.8. The molecule has 0 unspecified atom stereocenters. The Morgan fingerprint density at radius 1 is 1.05 bits per heavy atom. The van der Waals surface area contributed by atoms with Crippen LogP contribution < -0.4 is 0 Å². The van der Waals surface area contributed by atoms with Crippen molar-refractivity contribution in [3.8, 4) is 0 Å². The molecule has 0 spiro atoms. The minimum Gasteiger partial charge on any atom is -0.460 e. The maximum Gasteiger partial charge on any atom is 0.352 e. The maximum atomic E-state index is 12.0. The van der Waals surface area contributed by atoms with Gasteiger partial charge >= 0.3 is 11.9 Å². The average molecular weight is 278 g/mol. The molecule has 108 valence electrons. The molecular formula is C15H18O5. The Labute approximate surface area is 117 Å². The molecule has 5 nitrogen and oxygen atoms in total. The van der Waals surface area contributed by atoms with Crippen molar-refractivity contribution < 1.29 is 23.9 Å². The van der Waals surface area contributed by atoms with Crippen LogP contribution in [0.4, 0.5) is 0 Å². The van der Waals surface area contributed by atoms with E-state index in [9.17, 15) is 14.4 Å². The third-order valence-corrected chi connectivity index (χ3v) is 2.31. The van der Waals surface area contributed by atoms with Crippen molar-refractivity contribution in [1.29, 1.82) is 0 Å². The van der Waals surface area contributed by atoms with Crippen molar-refractivity contribution in [1.82, 2.24) is 0 Å². The van der Waals surface area contributed by atoms with Gasteiger partial charge in [-0.3, -0.25) is 9.59 Å². The van der Waals surface area contributed by atoms with Gasteiger partial charge in [-0.25, -0.2) is 4.79 Å². The predicted octanol–water partition coefficient (Wildman–Crippen LogP) is 2.20. The highest BCUT2D eigenvalue weighted by Crippen LogP contribution is 2.20. The Morgan fingerprint density at radius 2 is 1.65 bits per heavy atom. The van der Waals surface area contributed by atoms with E-state index in [1.54, 1.807) is 44.2 Å². The fourth-order valence-corrected chi connectivity index (χ4v) is 1.55. The average Bonchev–Trinajstić information content (AvgIpc) is 2.35. The molecule has 0 aliphatic carbocycles. The van der Waals surface area contributed by atoms with Crippen LogP contribution in [-0.2, 0) is 23.9 Å². The summed E-state index contributed by atoms with van der Waals surface area (Å²) in [5, 5.41) is 0. The molecular weight excluding hydrogens is 260 g/mol. The SMILES string of the molecule is CC(=O)CC(=O)O[C@H](C(=O)OC(C)C)c1ccccc1. The molecule has 0 bridgehead atoms. The predicted molar refractivity (Wildman–Crippen MR) is 71.8 cm³/mol. The van der Waals surface area contributed by atoms with Crippen molar-refractivity contribution >= 4 is 17.7 Å². The summed E-state index contributed by atoms with van der Waals surface area (Å²) in [6.45, 7) is 4.69. The number of carbonyl (C=O) groups is 3. The lowest BCUT2D eigenvalue weighted by atomic mass is 10.1. The molecule has 0 saturated heterocycles. The normalized spacial score (nSPS) is 11.8. The summed E-state index contributed by atoms with van der Waals surface area (Å²) in [5.74, 6) is -1.71. The van der Waals surface area contributed by atoms with Gasteiger partial charge in [-0.2, -0.15) is 0 Å². The molecule has 20 heavy (non-hydrogen) atoms. The van der Waals surface area contributed by atoms with Crippen molar-refractivity contribution in [3.63, 3.8) is 0 Å². The molecule has 0 aliphatic rings. The molecule has 5 heteroatoms. The standard InChI is InChI=1S/C15H18O5/c1-10(2)19-15(18)14(12-7-5-4-6-8-12)20-13(17)9-11(3)16/h4-8,10,14H,9H2,1-3H3/t14-/m0/s1. The first-order chi connectivity index (χ1) is 9.40. The number of ether oxygens (including phenoxy) is 2. The highest BCUT2D eigenvalue weighted by Gasteiger charge is 2.27. The van der Waals surface area contributed by atoms with E-state index in [0.29, 0.717) is 5.56 Å². The minimum atomic E-state index is -1.15. The second-order valence-electron chi connectivity index (χ2n) is 4.65. The summed E-state index contributed by atoms with van der Waals surface area (Å²) >= 11 is 0. The molecule has 1 aromatic rings. The van der Waals surface area contributed by atoms with Gasteiger partial charge < -0.3 is 9.47 Å². The molecule has 0 heterocycles. The van der Waals surface area contributed by atoms with E-state index in [1.165, 1.54) is 6.92 Å². The lowest BCUT2D eigenvalue weighted by Gasteiger charge is -2.18. The van der Waals surface area contributed by atoms with E-state index in [1.807, 2.05) is 0 Å². The van der Waals surface area contributed by atoms with Crippen LogP contribution in [0.1, 0.15) is 38.9 Å². The largest absolute Gasteiger partial charge is 0.460 e. The number of ketones is 1. The van der Waals surface area contributed by atoms with Gasteiger partial charge in [0.15, 0.2) is 0 Å². The Kier molecular flexibility index (Phi) is 5.90. The Morgan fingerprint density at radius 3 is 2.15 bits per heavy atom. The topological polar surface area (TPSA) is 69.7 Å². The van der Waals surface area contributed by atoms with E-state index in [4.69, 9.17) is 9.47 Å². The molecule has 0 fully saturated rings. The molecule has 1 atom stereocenters. The minimum absolute atomic E-state index is 0.319. The zero-order chi connectivity index (χ0) is 15.1. The number of Topliss-reactive ketones (excluding diaryl/α,β-unsaturated/α-hetero) is 1. The summed E-state index contributed by atoms with van der Waals surface area (Å²) in [6.07, 6.45) is -1.83. The van der Waals surface area contributed by atoms with Crippen molar-refractivity contribution in [2.24, 2.45) is 0 Å². The molecule has 0 radical (unpaired) electrons. The highest BCUT2D eigenvalue weighted by atomic mass is 16.6.